The van der Waals surface area contributed by atoms with E-state index in [1.165, 1.54) is 0 Å². The van der Waals surface area contributed by atoms with E-state index in [0.717, 1.165) is 50.5 Å². The lowest BCUT2D eigenvalue weighted by Crippen LogP contribution is -2.44. The van der Waals surface area contributed by atoms with Crippen molar-refractivity contribution in [2.45, 2.75) is 6.42 Å². The molecule has 0 radical (unpaired) electrons. The van der Waals surface area contributed by atoms with Crippen molar-refractivity contribution in [1.82, 2.24) is 10.2 Å². The van der Waals surface area contributed by atoms with Crippen LogP contribution in [-0.4, -0.2) is 51.5 Å². The minimum atomic E-state index is 0.249. The number of benzene rings is 1. The SMILES string of the molecule is COc1c(Cl)cc2c(c1CCN1CCNCC1)OCO2. The van der Waals surface area contributed by atoms with Gasteiger partial charge < -0.3 is 24.4 Å². The van der Waals surface area contributed by atoms with Crippen molar-refractivity contribution in [2.24, 2.45) is 0 Å². The second-order valence-electron chi connectivity index (χ2n) is 4.95. The summed E-state index contributed by atoms with van der Waals surface area (Å²) in [4.78, 5) is 2.43. The summed E-state index contributed by atoms with van der Waals surface area (Å²) in [6.07, 6.45) is 0.843. The number of ether oxygens (including phenoxy) is 3. The van der Waals surface area contributed by atoms with Gasteiger partial charge in [0.1, 0.15) is 5.75 Å². The summed E-state index contributed by atoms with van der Waals surface area (Å²) >= 11 is 6.25. The molecule has 0 spiro atoms. The highest BCUT2D eigenvalue weighted by molar-refractivity contribution is 6.32. The molecule has 6 heteroatoms. The molecule has 110 valence electrons. The Hall–Kier alpha value is -1.17. The minimum Gasteiger partial charge on any atom is -0.495 e. The molecule has 1 saturated heterocycles. The zero-order chi connectivity index (χ0) is 13.9. The van der Waals surface area contributed by atoms with Crippen molar-refractivity contribution < 1.29 is 14.2 Å². The van der Waals surface area contributed by atoms with Gasteiger partial charge in [-0.3, -0.25) is 0 Å². The Bertz CT molecular complexity index is 486. The van der Waals surface area contributed by atoms with Crippen LogP contribution in [0.2, 0.25) is 5.02 Å². The summed E-state index contributed by atoms with van der Waals surface area (Å²) in [5.74, 6) is 2.19. The Morgan fingerprint density at radius 1 is 1.35 bits per heavy atom. The van der Waals surface area contributed by atoms with Crippen LogP contribution in [0.3, 0.4) is 0 Å². The molecule has 5 nitrogen and oxygen atoms in total. The van der Waals surface area contributed by atoms with E-state index in [1.54, 1.807) is 13.2 Å². The number of hydrogen-bond acceptors (Lipinski definition) is 5. The number of methoxy groups -OCH3 is 1. The lowest BCUT2D eigenvalue weighted by Gasteiger charge is -2.27. The van der Waals surface area contributed by atoms with Crippen LogP contribution < -0.4 is 19.5 Å². The van der Waals surface area contributed by atoms with Crippen molar-refractivity contribution in [1.29, 1.82) is 0 Å². The van der Waals surface area contributed by atoms with E-state index in [0.29, 0.717) is 16.5 Å². The van der Waals surface area contributed by atoms with Crippen molar-refractivity contribution >= 4 is 11.6 Å². The van der Waals surface area contributed by atoms with E-state index < -0.39 is 0 Å². The van der Waals surface area contributed by atoms with E-state index in [-0.39, 0.29) is 6.79 Å². The van der Waals surface area contributed by atoms with Crippen LogP contribution in [-0.2, 0) is 6.42 Å². The van der Waals surface area contributed by atoms with E-state index in [2.05, 4.69) is 10.2 Å². The first-order valence-corrected chi connectivity index (χ1v) is 7.25. The Kier molecular flexibility index (Phi) is 4.19. The average Bonchev–Trinajstić information content (AvgIpc) is 2.93. The maximum Gasteiger partial charge on any atom is 0.231 e. The Morgan fingerprint density at radius 3 is 2.90 bits per heavy atom. The Morgan fingerprint density at radius 2 is 2.15 bits per heavy atom. The number of piperazine rings is 1. The van der Waals surface area contributed by atoms with Gasteiger partial charge in [0.05, 0.1) is 12.1 Å². The van der Waals surface area contributed by atoms with Crippen LogP contribution in [0.5, 0.6) is 17.2 Å². The highest BCUT2D eigenvalue weighted by Gasteiger charge is 2.25. The third-order valence-corrected chi connectivity index (χ3v) is 4.04. The summed E-state index contributed by atoms with van der Waals surface area (Å²) < 4.78 is 16.4. The monoisotopic (exact) mass is 298 g/mol. The lowest BCUT2D eigenvalue weighted by molar-refractivity contribution is 0.172. The molecule has 1 fully saturated rings. The first-order chi connectivity index (χ1) is 9.79. The summed E-state index contributed by atoms with van der Waals surface area (Å²) in [7, 11) is 1.64. The molecule has 2 aliphatic rings. The molecule has 3 rings (SSSR count). The summed E-state index contributed by atoms with van der Waals surface area (Å²) in [5.41, 5.74) is 1.01. The Balaban J connectivity index is 1.80. The maximum atomic E-state index is 6.25. The maximum absolute atomic E-state index is 6.25. The van der Waals surface area contributed by atoms with Gasteiger partial charge in [-0.2, -0.15) is 0 Å². The highest BCUT2D eigenvalue weighted by Crippen LogP contribution is 2.45. The summed E-state index contributed by atoms with van der Waals surface area (Å²) in [5, 5.41) is 3.93. The second-order valence-corrected chi connectivity index (χ2v) is 5.35. The number of rotatable bonds is 4. The average molecular weight is 299 g/mol. The van der Waals surface area contributed by atoms with Gasteiger partial charge in [0.15, 0.2) is 11.5 Å². The van der Waals surface area contributed by atoms with Gasteiger partial charge in [0.25, 0.3) is 0 Å². The van der Waals surface area contributed by atoms with Crippen LogP contribution in [0.4, 0.5) is 0 Å². The van der Waals surface area contributed by atoms with Crippen molar-refractivity contribution in [3.63, 3.8) is 0 Å². The molecule has 0 saturated carbocycles. The van der Waals surface area contributed by atoms with Gasteiger partial charge in [-0.25, -0.2) is 0 Å². The van der Waals surface area contributed by atoms with Crippen LogP contribution >= 0.6 is 11.6 Å². The summed E-state index contributed by atoms with van der Waals surface area (Å²) in [6, 6.07) is 1.76. The second kappa shape index (κ2) is 6.08. The van der Waals surface area contributed by atoms with Crippen LogP contribution in [0.15, 0.2) is 6.07 Å². The number of nitrogens with zero attached hydrogens (tertiary/aromatic N) is 1. The molecule has 0 atom stereocenters. The van der Waals surface area contributed by atoms with Crippen LogP contribution in [0.1, 0.15) is 5.56 Å². The predicted octanol–water partition coefficient (Wildman–Crippen LogP) is 1.52. The minimum absolute atomic E-state index is 0.249. The van der Waals surface area contributed by atoms with E-state index in [1.807, 2.05) is 0 Å². The third kappa shape index (κ3) is 2.66. The fourth-order valence-electron chi connectivity index (χ4n) is 2.71. The molecular weight excluding hydrogens is 280 g/mol. The number of halogens is 1. The third-order valence-electron chi connectivity index (χ3n) is 3.76. The first kappa shape index (κ1) is 13.8. The van der Waals surface area contributed by atoms with E-state index in [4.69, 9.17) is 25.8 Å². The largest absolute Gasteiger partial charge is 0.495 e. The van der Waals surface area contributed by atoms with Gasteiger partial charge in [-0.1, -0.05) is 11.6 Å². The molecule has 0 unspecified atom stereocenters. The molecule has 0 aromatic heterocycles. The summed E-state index contributed by atoms with van der Waals surface area (Å²) in [6.45, 7) is 5.45. The van der Waals surface area contributed by atoms with Gasteiger partial charge >= 0.3 is 0 Å². The Labute approximate surface area is 123 Å². The normalized spacial score (nSPS) is 18.3. The molecule has 1 N–H and O–H groups in total. The number of hydrogen-bond donors (Lipinski definition) is 1. The van der Waals surface area contributed by atoms with Crippen LogP contribution in [0.25, 0.3) is 0 Å². The first-order valence-electron chi connectivity index (χ1n) is 6.87. The van der Waals surface area contributed by atoms with Crippen molar-refractivity contribution in [3.05, 3.63) is 16.7 Å². The molecule has 20 heavy (non-hydrogen) atoms. The molecule has 0 aliphatic carbocycles. The molecule has 2 heterocycles. The number of nitrogens with one attached hydrogen (secondary N) is 1. The smallest absolute Gasteiger partial charge is 0.231 e. The van der Waals surface area contributed by atoms with Crippen LogP contribution in [0, 0.1) is 0 Å². The zero-order valence-corrected chi connectivity index (χ0v) is 12.3. The van der Waals surface area contributed by atoms with Gasteiger partial charge in [0.2, 0.25) is 6.79 Å². The fourth-order valence-corrected chi connectivity index (χ4v) is 3.00. The standard InChI is InChI=1S/C14H19ClN2O3/c1-18-13-10(2-5-17-6-3-16-4-7-17)14-12(8-11(13)15)19-9-20-14/h8,16H,2-7,9H2,1H3. The number of fused-ring (bicyclic) bond motifs is 1. The van der Waals surface area contributed by atoms with Gasteiger partial charge in [-0.15, -0.1) is 0 Å². The molecule has 1 aromatic rings. The quantitative estimate of drug-likeness (QED) is 0.913. The van der Waals surface area contributed by atoms with Crippen molar-refractivity contribution in [2.75, 3.05) is 46.6 Å². The molecule has 1 aromatic carbocycles. The van der Waals surface area contributed by atoms with E-state index >= 15 is 0 Å². The molecular formula is C14H19ClN2O3. The zero-order valence-electron chi connectivity index (χ0n) is 11.6. The highest BCUT2D eigenvalue weighted by atomic mass is 35.5. The molecule has 0 bridgehead atoms. The topological polar surface area (TPSA) is 43.0 Å². The van der Waals surface area contributed by atoms with Gasteiger partial charge in [0, 0.05) is 44.4 Å². The molecule has 2 aliphatic heterocycles. The predicted molar refractivity (Wildman–Crippen MR) is 77.1 cm³/mol. The molecule has 0 amide bonds. The fraction of sp³-hybridized carbons (Fsp3) is 0.571. The van der Waals surface area contributed by atoms with Gasteiger partial charge in [-0.05, 0) is 6.42 Å². The van der Waals surface area contributed by atoms with Crippen molar-refractivity contribution in [3.8, 4) is 17.2 Å². The van der Waals surface area contributed by atoms with E-state index in [9.17, 15) is 0 Å². The lowest BCUT2D eigenvalue weighted by atomic mass is 10.1.